The maximum atomic E-state index is 9.68. The second kappa shape index (κ2) is 4.43. The molecule has 0 aliphatic heterocycles. The van der Waals surface area contributed by atoms with Gasteiger partial charge in [-0.25, -0.2) is 0 Å². The molecule has 3 heteroatoms. The second-order valence-corrected chi connectivity index (χ2v) is 4.99. The van der Waals surface area contributed by atoms with Crippen molar-refractivity contribution >= 4 is 11.3 Å². The van der Waals surface area contributed by atoms with E-state index in [9.17, 15) is 5.11 Å². The highest BCUT2D eigenvalue weighted by molar-refractivity contribution is 7.10. The minimum absolute atomic E-state index is 0.141. The molecule has 3 atom stereocenters. The Morgan fingerprint density at radius 2 is 2.43 bits per heavy atom. The molecule has 0 aromatic carbocycles. The summed E-state index contributed by atoms with van der Waals surface area (Å²) in [6.07, 6.45) is 3.07. The van der Waals surface area contributed by atoms with Crippen LogP contribution in [0, 0.1) is 0 Å². The van der Waals surface area contributed by atoms with E-state index in [0.29, 0.717) is 12.1 Å². The van der Waals surface area contributed by atoms with E-state index in [4.69, 9.17) is 0 Å². The van der Waals surface area contributed by atoms with Crippen LogP contribution in [0.3, 0.4) is 0 Å². The number of aliphatic hydroxyl groups is 1. The highest BCUT2D eigenvalue weighted by Gasteiger charge is 2.26. The van der Waals surface area contributed by atoms with E-state index in [1.165, 1.54) is 4.88 Å². The Labute approximate surface area is 89.0 Å². The molecular weight excluding hydrogens is 194 g/mol. The molecule has 0 radical (unpaired) electrons. The molecule has 1 aliphatic carbocycles. The average Bonchev–Trinajstić information content (AvgIpc) is 2.77. The van der Waals surface area contributed by atoms with E-state index in [0.717, 1.165) is 19.3 Å². The molecule has 2 N–H and O–H groups in total. The zero-order valence-corrected chi connectivity index (χ0v) is 9.26. The molecule has 78 valence electrons. The largest absolute Gasteiger partial charge is 0.392 e. The monoisotopic (exact) mass is 211 g/mol. The Kier molecular flexibility index (Phi) is 3.21. The number of aliphatic hydroxyl groups excluding tert-OH is 1. The SMILES string of the molecule is CC(N[C@@H]1CCC[C@H]1O)c1cccs1. The molecule has 0 saturated heterocycles. The van der Waals surface area contributed by atoms with Gasteiger partial charge in [0.1, 0.15) is 0 Å². The number of nitrogens with one attached hydrogen (secondary N) is 1. The van der Waals surface area contributed by atoms with E-state index in [2.05, 4.69) is 29.8 Å². The second-order valence-electron chi connectivity index (χ2n) is 4.01. The maximum absolute atomic E-state index is 9.68. The van der Waals surface area contributed by atoms with Crippen molar-refractivity contribution in [2.75, 3.05) is 0 Å². The lowest BCUT2D eigenvalue weighted by atomic mass is 10.1. The van der Waals surface area contributed by atoms with Crippen molar-refractivity contribution in [2.45, 2.75) is 44.4 Å². The van der Waals surface area contributed by atoms with Gasteiger partial charge >= 0.3 is 0 Å². The van der Waals surface area contributed by atoms with Gasteiger partial charge in [0.2, 0.25) is 0 Å². The van der Waals surface area contributed by atoms with E-state index in [-0.39, 0.29) is 6.10 Å². The highest BCUT2D eigenvalue weighted by Crippen LogP contribution is 2.24. The fourth-order valence-electron chi connectivity index (χ4n) is 2.08. The third kappa shape index (κ3) is 2.16. The first-order valence-corrected chi connectivity index (χ1v) is 6.13. The predicted molar refractivity (Wildman–Crippen MR) is 59.5 cm³/mol. The fraction of sp³-hybridized carbons (Fsp3) is 0.636. The maximum Gasteiger partial charge on any atom is 0.0693 e. The molecule has 0 spiro atoms. The molecule has 2 nitrogen and oxygen atoms in total. The summed E-state index contributed by atoms with van der Waals surface area (Å²) in [5, 5.41) is 15.3. The summed E-state index contributed by atoms with van der Waals surface area (Å²) in [7, 11) is 0. The first-order valence-electron chi connectivity index (χ1n) is 5.25. The lowest BCUT2D eigenvalue weighted by Gasteiger charge is -2.21. The van der Waals surface area contributed by atoms with Crippen LogP contribution in [-0.4, -0.2) is 17.3 Å². The van der Waals surface area contributed by atoms with Gasteiger partial charge in [0.15, 0.2) is 0 Å². The number of hydrogen-bond donors (Lipinski definition) is 2. The van der Waals surface area contributed by atoms with Gasteiger partial charge in [-0.05, 0) is 37.6 Å². The van der Waals surface area contributed by atoms with Crippen molar-refractivity contribution in [1.29, 1.82) is 0 Å². The van der Waals surface area contributed by atoms with Crippen LogP contribution >= 0.6 is 11.3 Å². The molecule has 1 heterocycles. The first-order chi connectivity index (χ1) is 6.77. The van der Waals surface area contributed by atoms with Gasteiger partial charge in [0.05, 0.1) is 6.10 Å². The molecule has 0 bridgehead atoms. The van der Waals surface area contributed by atoms with Crippen molar-refractivity contribution in [3.63, 3.8) is 0 Å². The number of rotatable bonds is 3. The van der Waals surface area contributed by atoms with Crippen LogP contribution in [0.2, 0.25) is 0 Å². The summed E-state index contributed by atoms with van der Waals surface area (Å²) < 4.78 is 0. The van der Waals surface area contributed by atoms with E-state index in [1.807, 2.05) is 0 Å². The molecule has 1 unspecified atom stereocenters. The summed E-state index contributed by atoms with van der Waals surface area (Å²) in [5.41, 5.74) is 0. The van der Waals surface area contributed by atoms with E-state index < -0.39 is 0 Å². The Balaban J connectivity index is 1.91. The average molecular weight is 211 g/mol. The Bertz CT molecular complexity index is 273. The van der Waals surface area contributed by atoms with Crippen LogP contribution in [0.5, 0.6) is 0 Å². The van der Waals surface area contributed by atoms with Crippen molar-refractivity contribution in [1.82, 2.24) is 5.32 Å². The molecule has 2 rings (SSSR count). The number of hydrogen-bond acceptors (Lipinski definition) is 3. The predicted octanol–water partition coefficient (Wildman–Crippen LogP) is 2.31. The molecule has 1 aliphatic rings. The lowest BCUT2D eigenvalue weighted by molar-refractivity contribution is 0.144. The van der Waals surface area contributed by atoms with Gasteiger partial charge in [0, 0.05) is 17.0 Å². The molecule has 0 amide bonds. The van der Waals surface area contributed by atoms with Gasteiger partial charge in [0.25, 0.3) is 0 Å². The third-order valence-electron chi connectivity index (χ3n) is 2.91. The zero-order chi connectivity index (χ0) is 9.97. The molecule has 1 aromatic heterocycles. The van der Waals surface area contributed by atoms with Crippen molar-refractivity contribution in [3.8, 4) is 0 Å². The van der Waals surface area contributed by atoms with Crippen molar-refractivity contribution in [3.05, 3.63) is 22.4 Å². The van der Waals surface area contributed by atoms with Crippen LogP contribution in [-0.2, 0) is 0 Å². The summed E-state index contributed by atoms with van der Waals surface area (Å²) in [6, 6.07) is 4.88. The summed E-state index contributed by atoms with van der Waals surface area (Å²) in [5.74, 6) is 0. The van der Waals surface area contributed by atoms with Gasteiger partial charge in [-0.1, -0.05) is 6.07 Å². The van der Waals surface area contributed by atoms with Gasteiger partial charge in [-0.2, -0.15) is 0 Å². The van der Waals surface area contributed by atoms with Crippen LogP contribution in [0.4, 0.5) is 0 Å². The molecule has 1 fully saturated rings. The van der Waals surface area contributed by atoms with Crippen LogP contribution in [0.25, 0.3) is 0 Å². The Morgan fingerprint density at radius 3 is 3.00 bits per heavy atom. The highest BCUT2D eigenvalue weighted by atomic mass is 32.1. The normalized spacial score (nSPS) is 29.3. The Hall–Kier alpha value is -0.380. The first kappa shape index (κ1) is 10.1. The lowest BCUT2D eigenvalue weighted by Crippen LogP contribution is -2.36. The van der Waals surface area contributed by atoms with Crippen LogP contribution < -0.4 is 5.32 Å². The summed E-state index contributed by atoms with van der Waals surface area (Å²) in [6.45, 7) is 2.16. The summed E-state index contributed by atoms with van der Waals surface area (Å²) >= 11 is 1.77. The summed E-state index contributed by atoms with van der Waals surface area (Å²) in [4.78, 5) is 1.35. The molecule has 14 heavy (non-hydrogen) atoms. The van der Waals surface area contributed by atoms with Gasteiger partial charge < -0.3 is 10.4 Å². The quantitative estimate of drug-likeness (QED) is 0.804. The fourth-order valence-corrected chi connectivity index (χ4v) is 2.82. The third-order valence-corrected chi connectivity index (χ3v) is 3.97. The zero-order valence-electron chi connectivity index (χ0n) is 8.44. The molecule has 1 aromatic rings. The Morgan fingerprint density at radius 1 is 1.57 bits per heavy atom. The van der Waals surface area contributed by atoms with Gasteiger partial charge in [-0.3, -0.25) is 0 Å². The van der Waals surface area contributed by atoms with Crippen molar-refractivity contribution in [2.24, 2.45) is 0 Å². The van der Waals surface area contributed by atoms with Crippen molar-refractivity contribution < 1.29 is 5.11 Å². The minimum Gasteiger partial charge on any atom is -0.392 e. The topological polar surface area (TPSA) is 32.3 Å². The minimum atomic E-state index is -0.141. The van der Waals surface area contributed by atoms with Crippen LogP contribution in [0.1, 0.15) is 37.1 Å². The standard InChI is InChI=1S/C11H17NOS/c1-8(11-6-3-7-14-11)12-9-4-2-5-10(9)13/h3,6-10,12-13H,2,4-5H2,1H3/t8?,9-,10-/m1/s1. The number of thiophene rings is 1. The van der Waals surface area contributed by atoms with E-state index >= 15 is 0 Å². The molecular formula is C11H17NOS. The molecule has 1 saturated carbocycles. The van der Waals surface area contributed by atoms with E-state index in [1.54, 1.807) is 11.3 Å². The van der Waals surface area contributed by atoms with Gasteiger partial charge in [-0.15, -0.1) is 11.3 Å². The van der Waals surface area contributed by atoms with Crippen LogP contribution in [0.15, 0.2) is 17.5 Å². The smallest absolute Gasteiger partial charge is 0.0693 e.